The lowest BCUT2D eigenvalue weighted by Crippen LogP contribution is -2.50. The molecule has 0 saturated heterocycles. The largest absolute Gasteiger partial charge is 0.452 e. The minimum Gasteiger partial charge on any atom is -0.452 e. The molecule has 0 spiro atoms. The Morgan fingerprint density at radius 2 is 1.63 bits per heavy atom. The number of para-hydroxylation sites is 1. The van der Waals surface area contributed by atoms with E-state index in [-0.39, 0.29) is 23.0 Å². The Morgan fingerprint density at radius 1 is 1.07 bits per heavy atom. The van der Waals surface area contributed by atoms with Gasteiger partial charge in [0.05, 0.1) is 17.2 Å². The Kier molecular flexibility index (Phi) is 7.32. The predicted octanol–water partition coefficient (Wildman–Crippen LogP) is 3.17. The van der Waals surface area contributed by atoms with Gasteiger partial charge in [-0.05, 0) is 37.1 Å². The van der Waals surface area contributed by atoms with Crippen LogP contribution in [-0.2, 0) is 9.53 Å². The van der Waals surface area contributed by atoms with Gasteiger partial charge in [0.25, 0.3) is 11.8 Å². The summed E-state index contributed by atoms with van der Waals surface area (Å²) in [5, 5.41) is 11.9. The van der Waals surface area contributed by atoms with Crippen LogP contribution in [-0.4, -0.2) is 37.0 Å². The number of rotatable bonds is 7. The summed E-state index contributed by atoms with van der Waals surface area (Å²) in [6, 6.07) is 17.3. The van der Waals surface area contributed by atoms with Crippen LogP contribution in [0.1, 0.15) is 41.5 Å². The van der Waals surface area contributed by atoms with Crippen LogP contribution in [0.15, 0.2) is 54.6 Å². The monoisotopic (exact) mass is 407 g/mol. The maximum Gasteiger partial charge on any atom is 0.339 e. The standard InChI is InChI=1S/C23H25N3O4/c1-16(2)23(3,15-24)25-20(27)14-30-22(29)19-13-9-8-12-18(19)21(28)26(4)17-10-6-5-7-11-17/h5-13,16H,14H2,1-4H3,(H,25,27). The number of nitriles is 1. The lowest BCUT2D eigenvalue weighted by molar-refractivity contribution is -0.125. The molecule has 30 heavy (non-hydrogen) atoms. The molecular weight excluding hydrogens is 382 g/mol. The van der Waals surface area contributed by atoms with Crippen molar-refractivity contribution in [3.05, 3.63) is 65.7 Å². The van der Waals surface area contributed by atoms with Crippen molar-refractivity contribution >= 4 is 23.5 Å². The van der Waals surface area contributed by atoms with Crippen molar-refractivity contribution in [2.24, 2.45) is 5.92 Å². The third kappa shape index (κ3) is 5.23. The van der Waals surface area contributed by atoms with E-state index in [1.807, 2.05) is 18.2 Å². The molecule has 0 aliphatic rings. The number of hydrogen-bond donors (Lipinski definition) is 1. The third-order valence-corrected chi connectivity index (χ3v) is 4.95. The maximum absolute atomic E-state index is 12.9. The van der Waals surface area contributed by atoms with Crippen molar-refractivity contribution in [2.75, 3.05) is 18.6 Å². The number of carbonyl (C=O) groups is 3. The zero-order chi connectivity index (χ0) is 22.3. The molecule has 1 atom stereocenters. The van der Waals surface area contributed by atoms with Crippen molar-refractivity contribution in [3.63, 3.8) is 0 Å². The van der Waals surface area contributed by atoms with Crippen molar-refractivity contribution in [3.8, 4) is 6.07 Å². The molecule has 1 unspecified atom stereocenters. The average molecular weight is 407 g/mol. The molecule has 0 radical (unpaired) electrons. The number of carbonyl (C=O) groups excluding carboxylic acids is 3. The molecule has 0 aromatic heterocycles. The SMILES string of the molecule is CC(C)C(C)(C#N)NC(=O)COC(=O)c1ccccc1C(=O)N(C)c1ccccc1. The molecule has 0 aliphatic heterocycles. The molecular formula is C23H25N3O4. The van der Waals surface area contributed by atoms with Gasteiger partial charge in [0, 0.05) is 12.7 Å². The molecule has 2 rings (SSSR count). The summed E-state index contributed by atoms with van der Waals surface area (Å²) in [6.07, 6.45) is 0. The second-order valence-electron chi connectivity index (χ2n) is 7.34. The maximum atomic E-state index is 12.9. The van der Waals surface area contributed by atoms with Crippen molar-refractivity contribution in [1.29, 1.82) is 5.26 Å². The van der Waals surface area contributed by atoms with Crippen molar-refractivity contribution < 1.29 is 19.1 Å². The summed E-state index contributed by atoms with van der Waals surface area (Å²) in [6.45, 7) is 4.66. The van der Waals surface area contributed by atoms with E-state index in [4.69, 9.17) is 4.74 Å². The smallest absolute Gasteiger partial charge is 0.339 e. The highest BCUT2D eigenvalue weighted by molar-refractivity contribution is 6.12. The first kappa shape index (κ1) is 22.6. The number of benzene rings is 2. The fraction of sp³-hybridized carbons (Fsp3) is 0.304. The fourth-order valence-corrected chi connectivity index (χ4v) is 2.63. The normalized spacial score (nSPS) is 12.4. The number of nitrogens with one attached hydrogen (secondary N) is 1. The van der Waals surface area contributed by atoms with E-state index >= 15 is 0 Å². The van der Waals surface area contributed by atoms with Gasteiger partial charge in [-0.3, -0.25) is 9.59 Å². The zero-order valence-corrected chi connectivity index (χ0v) is 17.5. The molecule has 0 aliphatic carbocycles. The van der Waals surface area contributed by atoms with E-state index in [1.54, 1.807) is 52.1 Å². The van der Waals surface area contributed by atoms with Gasteiger partial charge in [0.1, 0.15) is 5.54 Å². The number of nitrogens with zero attached hydrogens (tertiary/aromatic N) is 2. The van der Waals surface area contributed by atoms with Crippen LogP contribution >= 0.6 is 0 Å². The van der Waals surface area contributed by atoms with E-state index in [1.165, 1.54) is 17.0 Å². The van der Waals surface area contributed by atoms with E-state index in [0.29, 0.717) is 5.69 Å². The minimum atomic E-state index is -1.07. The van der Waals surface area contributed by atoms with Gasteiger partial charge >= 0.3 is 5.97 Å². The Hall–Kier alpha value is -3.66. The summed E-state index contributed by atoms with van der Waals surface area (Å²) in [5.74, 6) is -1.89. The molecule has 7 heteroatoms. The molecule has 7 nitrogen and oxygen atoms in total. The van der Waals surface area contributed by atoms with Gasteiger partial charge in [-0.1, -0.05) is 44.2 Å². The van der Waals surface area contributed by atoms with Gasteiger partial charge in [-0.15, -0.1) is 0 Å². The summed E-state index contributed by atoms with van der Waals surface area (Å²) < 4.78 is 5.11. The number of esters is 1. The van der Waals surface area contributed by atoms with Gasteiger partial charge in [0.15, 0.2) is 6.61 Å². The first-order chi connectivity index (χ1) is 14.2. The van der Waals surface area contributed by atoms with Crippen molar-refractivity contribution in [2.45, 2.75) is 26.3 Å². The summed E-state index contributed by atoms with van der Waals surface area (Å²) in [4.78, 5) is 39.1. The Morgan fingerprint density at radius 3 is 2.20 bits per heavy atom. The molecule has 0 saturated carbocycles. The van der Waals surface area contributed by atoms with E-state index in [9.17, 15) is 19.6 Å². The van der Waals surface area contributed by atoms with Gasteiger partial charge < -0.3 is 15.0 Å². The van der Waals surface area contributed by atoms with Gasteiger partial charge in [-0.25, -0.2) is 4.79 Å². The second-order valence-corrected chi connectivity index (χ2v) is 7.34. The molecule has 2 aromatic rings. The average Bonchev–Trinajstić information content (AvgIpc) is 2.76. The first-order valence-electron chi connectivity index (χ1n) is 9.51. The number of amides is 2. The highest BCUT2D eigenvalue weighted by atomic mass is 16.5. The van der Waals surface area contributed by atoms with Crippen LogP contribution in [0, 0.1) is 17.2 Å². The highest BCUT2D eigenvalue weighted by Gasteiger charge is 2.30. The fourth-order valence-electron chi connectivity index (χ4n) is 2.63. The van der Waals surface area contributed by atoms with E-state index < -0.39 is 24.0 Å². The summed E-state index contributed by atoms with van der Waals surface area (Å²) in [7, 11) is 1.61. The Balaban J connectivity index is 2.12. The Bertz CT molecular complexity index is 966. The zero-order valence-electron chi connectivity index (χ0n) is 17.5. The number of anilines is 1. The van der Waals surface area contributed by atoms with Gasteiger partial charge in [-0.2, -0.15) is 5.26 Å². The molecule has 156 valence electrons. The molecule has 0 fully saturated rings. The lowest BCUT2D eigenvalue weighted by atomic mass is 9.90. The van der Waals surface area contributed by atoms with Crippen LogP contribution in [0.3, 0.4) is 0 Å². The second kappa shape index (κ2) is 9.70. The topological polar surface area (TPSA) is 99.5 Å². The summed E-state index contributed by atoms with van der Waals surface area (Å²) in [5.41, 5.74) is -0.173. The van der Waals surface area contributed by atoms with Crippen LogP contribution in [0.25, 0.3) is 0 Å². The van der Waals surface area contributed by atoms with E-state index in [2.05, 4.69) is 11.4 Å². The lowest BCUT2D eigenvalue weighted by Gasteiger charge is -2.27. The molecule has 1 N–H and O–H groups in total. The predicted molar refractivity (Wildman–Crippen MR) is 113 cm³/mol. The first-order valence-corrected chi connectivity index (χ1v) is 9.51. The number of hydrogen-bond acceptors (Lipinski definition) is 5. The highest BCUT2D eigenvalue weighted by Crippen LogP contribution is 2.18. The minimum absolute atomic E-state index is 0.0602. The molecule has 0 heterocycles. The van der Waals surface area contributed by atoms with Crippen LogP contribution < -0.4 is 10.2 Å². The van der Waals surface area contributed by atoms with Crippen LogP contribution in [0.2, 0.25) is 0 Å². The van der Waals surface area contributed by atoms with Gasteiger partial charge in [0.2, 0.25) is 0 Å². The summed E-state index contributed by atoms with van der Waals surface area (Å²) >= 11 is 0. The van der Waals surface area contributed by atoms with Crippen LogP contribution in [0.5, 0.6) is 0 Å². The number of ether oxygens (including phenoxy) is 1. The van der Waals surface area contributed by atoms with E-state index in [0.717, 1.165) is 0 Å². The molecule has 0 bridgehead atoms. The van der Waals surface area contributed by atoms with Crippen LogP contribution in [0.4, 0.5) is 5.69 Å². The molecule has 2 amide bonds. The molecule has 2 aromatic carbocycles. The Labute approximate surface area is 176 Å². The third-order valence-electron chi connectivity index (χ3n) is 4.95. The van der Waals surface area contributed by atoms with Crippen molar-refractivity contribution in [1.82, 2.24) is 5.32 Å². The quantitative estimate of drug-likeness (QED) is 0.711.